The van der Waals surface area contributed by atoms with Crippen molar-refractivity contribution in [3.63, 3.8) is 0 Å². The number of hydrogen-bond donors (Lipinski definition) is 2. The summed E-state index contributed by atoms with van der Waals surface area (Å²) in [6.07, 6.45) is 7.53. The third kappa shape index (κ3) is 5.44. The number of aromatic nitrogens is 1. The Balaban J connectivity index is 1.18. The van der Waals surface area contributed by atoms with Gasteiger partial charge in [-0.3, -0.25) is 9.89 Å². The van der Waals surface area contributed by atoms with Crippen molar-refractivity contribution in [3.05, 3.63) is 64.9 Å². The average molecular weight is 495 g/mol. The maximum absolute atomic E-state index is 14.7. The van der Waals surface area contributed by atoms with Crippen LogP contribution in [0.3, 0.4) is 0 Å². The normalized spacial score (nSPS) is 20.6. The minimum Gasteiger partial charge on any atom is -0.382 e. The summed E-state index contributed by atoms with van der Waals surface area (Å²) in [6, 6.07) is 7.21. The van der Waals surface area contributed by atoms with Gasteiger partial charge in [0.15, 0.2) is 0 Å². The molecule has 2 N–H and O–H groups in total. The SMILES string of the molecule is C/C=C(F)\C(=N/CNc1ccc(CN2CC3(CCN(C)CC3)C2)cn1)c1cc(F)c2c(c1)CCCN2. The van der Waals surface area contributed by atoms with Crippen LogP contribution in [0.2, 0.25) is 0 Å². The number of fused-ring (bicyclic) bond motifs is 1. The zero-order valence-electron chi connectivity index (χ0n) is 21.3. The van der Waals surface area contributed by atoms with Crippen LogP contribution in [0.15, 0.2) is 47.4 Å². The molecule has 0 amide bonds. The van der Waals surface area contributed by atoms with Crippen LogP contribution in [0.25, 0.3) is 0 Å². The molecule has 2 fully saturated rings. The van der Waals surface area contributed by atoms with Crippen molar-refractivity contribution in [3.8, 4) is 0 Å². The summed E-state index contributed by atoms with van der Waals surface area (Å²) in [5.41, 5.74) is 3.69. The van der Waals surface area contributed by atoms with Gasteiger partial charge in [-0.25, -0.2) is 13.8 Å². The average Bonchev–Trinajstić information content (AvgIpc) is 2.87. The topological polar surface area (TPSA) is 55.8 Å². The predicted octanol–water partition coefficient (Wildman–Crippen LogP) is 4.84. The van der Waals surface area contributed by atoms with Gasteiger partial charge in [-0.15, -0.1) is 0 Å². The Hall–Kier alpha value is -2.84. The fourth-order valence-corrected chi connectivity index (χ4v) is 5.63. The van der Waals surface area contributed by atoms with E-state index in [0.717, 1.165) is 31.5 Å². The molecule has 0 atom stereocenters. The smallest absolute Gasteiger partial charge is 0.147 e. The lowest BCUT2D eigenvalue weighted by Gasteiger charge is -2.54. The number of nitrogens with one attached hydrogen (secondary N) is 2. The number of anilines is 2. The monoisotopic (exact) mass is 494 g/mol. The first kappa shape index (κ1) is 24.8. The van der Waals surface area contributed by atoms with Gasteiger partial charge >= 0.3 is 0 Å². The standard InChI is InChI=1S/C28H36F2N6/c1-3-23(29)27(22-13-21-5-4-10-31-26(21)24(30)14-22)34-19-33-25-7-6-20(15-32-25)16-36-17-28(18-36)8-11-35(2)12-9-28/h3,6-7,13-15,31H,4-5,8-12,16-19H2,1-2H3,(H,32,33)/b23-3+,34-27-. The van der Waals surface area contributed by atoms with E-state index >= 15 is 0 Å². The van der Waals surface area contributed by atoms with Crippen molar-refractivity contribution in [1.29, 1.82) is 0 Å². The van der Waals surface area contributed by atoms with Gasteiger partial charge in [-0.1, -0.05) is 6.07 Å². The van der Waals surface area contributed by atoms with Gasteiger partial charge < -0.3 is 15.5 Å². The molecule has 0 radical (unpaired) electrons. The van der Waals surface area contributed by atoms with Crippen molar-refractivity contribution in [2.24, 2.45) is 10.4 Å². The van der Waals surface area contributed by atoms with E-state index in [-0.39, 0.29) is 18.2 Å². The largest absolute Gasteiger partial charge is 0.382 e. The lowest BCUT2D eigenvalue weighted by Crippen LogP contribution is -2.59. The zero-order valence-corrected chi connectivity index (χ0v) is 21.3. The van der Waals surface area contributed by atoms with Crippen LogP contribution in [-0.4, -0.2) is 66.9 Å². The number of aliphatic imine (C=N–C) groups is 1. The fraction of sp³-hybridized carbons (Fsp3) is 0.500. The molecule has 8 heteroatoms. The molecule has 2 aromatic rings. The van der Waals surface area contributed by atoms with Gasteiger partial charge in [0.2, 0.25) is 0 Å². The van der Waals surface area contributed by atoms with E-state index in [9.17, 15) is 8.78 Å². The van der Waals surface area contributed by atoms with Gasteiger partial charge in [-0.2, -0.15) is 0 Å². The second kappa shape index (κ2) is 10.6. The van der Waals surface area contributed by atoms with Crippen LogP contribution in [0.4, 0.5) is 20.3 Å². The third-order valence-corrected chi connectivity index (χ3v) is 7.74. The third-order valence-electron chi connectivity index (χ3n) is 7.74. The highest BCUT2D eigenvalue weighted by atomic mass is 19.1. The van der Waals surface area contributed by atoms with Crippen LogP contribution in [0.5, 0.6) is 0 Å². The van der Waals surface area contributed by atoms with Gasteiger partial charge in [0.05, 0.1) is 5.69 Å². The number of pyridine rings is 1. The quantitative estimate of drug-likeness (QED) is 0.540. The molecule has 0 saturated carbocycles. The summed E-state index contributed by atoms with van der Waals surface area (Å²) < 4.78 is 29.3. The molecule has 0 bridgehead atoms. The second-order valence-corrected chi connectivity index (χ2v) is 10.5. The minimum absolute atomic E-state index is 0.142. The molecule has 3 aliphatic heterocycles. The molecule has 36 heavy (non-hydrogen) atoms. The molecule has 192 valence electrons. The zero-order chi connectivity index (χ0) is 25.1. The second-order valence-electron chi connectivity index (χ2n) is 10.5. The molecule has 1 aromatic heterocycles. The van der Waals surface area contributed by atoms with Gasteiger partial charge in [0.1, 0.15) is 29.8 Å². The lowest BCUT2D eigenvalue weighted by atomic mass is 9.72. The van der Waals surface area contributed by atoms with E-state index in [4.69, 9.17) is 0 Å². The van der Waals surface area contributed by atoms with E-state index in [1.807, 2.05) is 18.3 Å². The summed E-state index contributed by atoms with van der Waals surface area (Å²) in [5.74, 6) is -0.160. The van der Waals surface area contributed by atoms with Crippen LogP contribution < -0.4 is 10.6 Å². The number of aryl methyl sites for hydroxylation is 1. The van der Waals surface area contributed by atoms with E-state index in [2.05, 4.69) is 43.5 Å². The molecule has 0 aliphatic carbocycles. The predicted molar refractivity (Wildman–Crippen MR) is 142 cm³/mol. The molecule has 2 saturated heterocycles. The molecule has 4 heterocycles. The molecule has 6 nitrogen and oxygen atoms in total. The summed E-state index contributed by atoms with van der Waals surface area (Å²) in [7, 11) is 2.21. The van der Waals surface area contributed by atoms with Gasteiger partial charge in [0.25, 0.3) is 0 Å². The van der Waals surface area contributed by atoms with Crippen LogP contribution in [-0.2, 0) is 13.0 Å². The molecule has 3 aliphatic rings. The van der Waals surface area contributed by atoms with Crippen molar-refractivity contribution < 1.29 is 8.78 Å². The van der Waals surface area contributed by atoms with Gasteiger partial charge in [0, 0.05) is 37.9 Å². The first-order chi connectivity index (χ1) is 17.4. The molecule has 1 aromatic carbocycles. The van der Waals surface area contributed by atoms with E-state index < -0.39 is 5.83 Å². The van der Waals surface area contributed by atoms with E-state index in [1.165, 1.54) is 56.7 Å². The number of likely N-dealkylation sites (tertiary alicyclic amines) is 2. The van der Waals surface area contributed by atoms with Crippen LogP contribution in [0, 0.1) is 11.2 Å². The number of rotatable bonds is 7. The summed E-state index contributed by atoms with van der Waals surface area (Å²) in [4.78, 5) is 13.9. The Morgan fingerprint density at radius 1 is 1.25 bits per heavy atom. The Morgan fingerprint density at radius 2 is 2.06 bits per heavy atom. The maximum atomic E-state index is 14.7. The summed E-state index contributed by atoms with van der Waals surface area (Å²) >= 11 is 0. The summed E-state index contributed by atoms with van der Waals surface area (Å²) in [6.45, 7) is 8.18. The van der Waals surface area contributed by atoms with Crippen LogP contribution in [0.1, 0.15) is 42.9 Å². The van der Waals surface area contributed by atoms with Crippen molar-refractivity contribution in [2.45, 2.75) is 39.2 Å². The number of hydrogen-bond acceptors (Lipinski definition) is 6. The summed E-state index contributed by atoms with van der Waals surface area (Å²) in [5, 5.41) is 6.24. The maximum Gasteiger partial charge on any atom is 0.147 e. The molecule has 1 spiro atoms. The van der Waals surface area contributed by atoms with Crippen molar-refractivity contribution in [2.75, 3.05) is 57.1 Å². The van der Waals surface area contributed by atoms with Crippen LogP contribution >= 0.6 is 0 Å². The number of piperidine rings is 1. The number of nitrogens with zero attached hydrogens (tertiary/aromatic N) is 4. The number of benzene rings is 1. The Morgan fingerprint density at radius 3 is 2.78 bits per heavy atom. The highest BCUT2D eigenvalue weighted by molar-refractivity contribution is 6.11. The van der Waals surface area contributed by atoms with E-state index in [0.29, 0.717) is 22.5 Å². The highest BCUT2D eigenvalue weighted by Gasteiger charge is 2.43. The molecule has 0 unspecified atom stereocenters. The van der Waals surface area contributed by atoms with Crippen molar-refractivity contribution in [1.82, 2.24) is 14.8 Å². The fourth-order valence-electron chi connectivity index (χ4n) is 5.63. The molecular weight excluding hydrogens is 458 g/mol. The first-order valence-corrected chi connectivity index (χ1v) is 13.0. The molecular formula is C28H36F2N6. The lowest BCUT2D eigenvalue weighted by molar-refractivity contribution is -0.0471. The first-order valence-electron chi connectivity index (χ1n) is 13.0. The van der Waals surface area contributed by atoms with Gasteiger partial charge in [-0.05, 0) is 93.6 Å². The highest BCUT2D eigenvalue weighted by Crippen LogP contribution is 2.40. The minimum atomic E-state index is -0.472. The van der Waals surface area contributed by atoms with E-state index in [1.54, 1.807) is 6.92 Å². The Bertz CT molecular complexity index is 1130. The Labute approximate surface area is 212 Å². The Kier molecular flexibility index (Phi) is 7.34. The number of allylic oxidation sites excluding steroid dienone is 2. The number of halogens is 2. The van der Waals surface area contributed by atoms with Crippen molar-refractivity contribution >= 4 is 17.2 Å². The molecule has 5 rings (SSSR count).